The standard InChI is InChI=1S/C18H27N3S.ClH/c1-18(2,3)21-11-5-4-6-14-7-9-15(10-8-14)17-20-13-16(12-19)22-17;/h7-10,13,21H,4-6,11-12,19H2,1-3H3;1H. The summed E-state index contributed by atoms with van der Waals surface area (Å²) in [6.07, 6.45) is 5.44. The fraction of sp³-hybridized carbons (Fsp3) is 0.500. The van der Waals surface area contributed by atoms with Gasteiger partial charge in [0, 0.05) is 28.7 Å². The summed E-state index contributed by atoms with van der Waals surface area (Å²) >= 11 is 1.67. The molecule has 0 amide bonds. The van der Waals surface area contributed by atoms with Crippen LogP contribution in [-0.4, -0.2) is 17.1 Å². The van der Waals surface area contributed by atoms with Gasteiger partial charge in [-0.1, -0.05) is 24.3 Å². The number of benzene rings is 1. The first-order valence-electron chi connectivity index (χ1n) is 7.97. The quantitative estimate of drug-likeness (QED) is 0.725. The highest BCUT2D eigenvalue weighted by atomic mass is 35.5. The van der Waals surface area contributed by atoms with Gasteiger partial charge in [0.15, 0.2) is 0 Å². The molecule has 1 aromatic heterocycles. The van der Waals surface area contributed by atoms with Crippen molar-refractivity contribution in [3.8, 4) is 10.6 Å². The van der Waals surface area contributed by atoms with Gasteiger partial charge >= 0.3 is 0 Å². The highest BCUT2D eigenvalue weighted by Gasteiger charge is 2.07. The van der Waals surface area contributed by atoms with E-state index < -0.39 is 0 Å². The number of aromatic nitrogens is 1. The van der Waals surface area contributed by atoms with Gasteiger partial charge in [0.25, 0.3) is 0 Å². The minimum absolute atomic E-state index is 0. The summed E-state index contributed by atoms with van der Waals surface area (Å²) in [5.41, 5.74) is 8.44. The number of aryl methyl sites for hydroxylation is 1. The second-order valence-corrected chi connectivity index (χ2v) is 7.78. The Bertz CT molecular complexity index is 573. The van der Waals surface area contributed by atoms with Gasteiger partial charge in [-0.25, -0.2) is 4.98 Å². The summed E-state index contributed by atoms with van der Waals surface area (Å²) in [7, 11) is 0. The van der Waals surface area contributed by atoms with E-state index in [1.165, 1.54) is 24.0 Å². The average Bonchev–Trinajstić information content (AvgIpc) is 2.95. The van der Waals surface area contributed by atoms with E-state index in [2.05, 4.69) is 55.3 Å². The van der Waals surface area contributed by atoms with Crippen LogP contribution in [0.25, 0.3) is 10.6 Å². The summed E-state index contributed by atoms with van der Waals surface area (Å²) in [6, 6.07) is 8.77. The van der Waals surface area contributed by atoms with Crippen molar-refractivity contribution in [1.82, 2.24) is 10.3 Å². The molecule has 0 radical (unpaired) electrons. The van der Waals surface area contributed by atoms with Crippen molar-refractivity contribution >= 4 is 23.7 Å². The Morgan fingerprint density at radius 2 is 1.83 bits per heavy atom. The number of nitrogens with zero attached hydrogens (tertiary/aromatic N) is 1. The van der Waals surface area contributed by atoms with Gasteiger partial charge in [0.1, 0.15) is 5.01 Å². The number of nitrogens with one attached hydrogen (secondary N) is 1. The predicted octanol–water partition coefficient (Wildman–Crippen LogP) is 4.40. The molecule has 0 saturated carbocycles. The molecule has 0 unspecified atom stereocenters. The third-order valence-corrected chi connectivity index (χ3v) is 4.57. The largest absolute Gasteiger partial charge is 0.326 e. The molecule has 0 bridgehead atoms. The van der Waals surface area contributed by atoms with Crippen LogP contribution in [0.3, 0.4) is 0 Å². The van der Waals surface area contributed by atoms with E-state index in [4.69, 9.17) is 5.73 Å². The van der Waals surface area contributed by atoms with E-state index >= 15 is 0 Å². The van der Waals surface area contributed by atoms with Gasteiger partial charge in [0.2, 0.25) is 0 Å². The van der Waals surface area contributed by atoms with Gasteiger partial charge < -0.3 is 11.1 Å². The third kappa shape index (κ3) is 7.00. The number of rotatable bonds is 7. The Kier molecular flexibility index (Phi) is 8.20. The molecule has 5 heteroatoms. The second kappa shape index (κ2) is 9.38. The van der Waals surface area contributed by atoms with Crippen molar-refractivity contribution in [2.45, 2.75) is 52.1 Å². The Morgan fingerprint density at radius 1 is 1.13 bits per heavy atom. The molecule has 0 aliphatic heterocycles. The first kappa shape index (κ1) is 20.1. The predicted molar refractivity (Wildman–Crippen MR) is 103 cm³/mol. The lowest BCUT2D eigenvalue weighted by Crippen LogP contribution is -2.36. The lowest BCUT2D eigenvalue weighted by molar-refractivity contribution is 0.419. The smallest absolute Gasteiger partial charge is 0.123 e. The number of thiazole rings is 1. The van der Waals surface area contributed by atoms with Crippen molar-refractivity contribution in [3.05, 3.63) is 40.9 Å². The summed E-state index contributed by atoms with van der Waals surface area (Å²) in [5, 5.41) is 4.59. The maximum Gasteiger partial charge on any atom is 0.123 e. The summed E-state index contributed by atoms with van der Waals surface area (Å²) < 4.78 is 0. The van der Waals surface area contributed by atoms with Gasteiger partial charge in [0.05, 0.1) is 0 Å². The molecule has 1 heterocycles. The van der Waals surface area contributed by atoms with Crippen LogP contribution in [0.5, 0.6) is 0 Å². The van der Waals surface area contributed by atoms with Crippen LogP contribution in [0.2, 0.25) is 0 Å². The molecule has 0 atom stereocenters. The molecule has 0 saturated heterocycles. The minimum atomic E-state index is 0. The first-order chi connectivity index (χ1) is 10.5. The SMILES string of the molecule is CC(C)(C)NCCCCc1ccc(-c2ncc(CN)s2)cc1.Cl. The van der Waals surface area contributed by atoms with E-state index in [9.17, 15) is 0 Å². The monoisotopic (exact) mass is 353 g/mol. The average molecular weight is 354 g/mol. The summed E-state index contributed by atoms with van der Waals surface area (Å²) in [5.74, 6) is 0. The van der Waals surface area contributed by atoms with Crippen LogP contribution in [0, 0.1) is 0 Å². The van der Waals surface area contributed by atoms with Crippen LogP contribution in [-0.2, 0) is 13.0 Å². The molecule has 3 nitrogen and oxygen atoms in total. The molecular weight excluding hydrogens is 326 g/mol. The molecule has 0 spiro atoms. The number of nitrogens with two attached hydrogens (primary N) is 1. The molecule has 2 aromatic rings. The van der Waals surface area contributed by atoms with Crippen molar-refractivity contribution in [2.24, 2.45) is 5.73 Å². The lowest BCUT2D eigenvalue weighted by Gasteiger charge is -2.20. The fourth-order valence-corrected chi connectivity index (χ4v) is 3.06. The zero-order valence-electron chi connectivity index (χ0n) is 14.3. The van der Waals surface area contributed by atoms with Gasteiger partial charge in [-0.2, -0.15) is 0 Å². The topological polar surface area (TPSA) is 50.9 Å². The highest BCUT2D eigenvalue weighted by molar-refractivity contribution is 7.15. The molecule has 0 fully saturated rings. The Labute approximate surface area is 150 Å². The Morgan fingerprint density at radius 3 is 2.39 bits per heavy atom. The van der Waals surface area contributed by atoms with Crippen molar-refractivity contribution in [3.63, 3.8) is 0 Å². The van der Waals surface area contributed by atoms with E-state index in [1.54, 1.807) is 11.3 Å². The first-order valence-corrected chi connectivity index (χ1v) is 8.79. The molecule has 1 aromatic carbocycles. The lowest BCUT2D eigenvalue weighted by atomic mass is 10.1. The second-order valence-electron chi connectivity index (χ2n) is 6.67. The third-order valence-electron chi connectivity index (χ3n) is 3.50. The van der Waals surface area contributed by atoms with Gasteiger partial charge in [-0.05, 0) is 52.1 Å². The molecule has 0 aliphatic carbocycles. The van der Waals surface area contributed by atoms with Crippen LogP contribution in [0.15, 0.2) is 30.5 Å². The molecule has 3 N–H and O–H groups in total. The van der Waals surface area contributed by atoms with E-state index in [-0.39, 0.29) is 17.9 Å². The highest BCUT2D eigenvalue weighted by Crippen LogP contribution is 2.25. The molecule has 2 rings (SSSR count). The molecule has 23 heavy (non-hydrogen) atoms. The Balaban J connectivity index is 0.00000264. The van der Waals surface area contributed by atoms with E-state index in [1.807, 2.05) is 6.20 Å². The molecule has 128 valence electrons. The number of hydrogen-bond acceptors (Lipinski definition) is 4. The van der Waals surface area contributed by atoms with Gasteiger partial charge in [-0.15, -0.1) is 23.7 Å². The zero-order valence-corrected chi connectivity index (χ0v) is 15.9. The Hall–Kier alpha value is -0.940. The maximum absolute atomic E-state index is 5.64. The molecule has 0 aliphatic rings. The van der Waals surface area contributed by atoms with Crippen molar-refractivity contribution < 1.29 is 0 Å². The number of hydrogen-bond donors (Lipinski definition) is 2. The summed E-state index contributed by atoms with van der Waals surface area (Å²) in [6.45, 7) is 8.28. The normalized spacial score (nSPS) is 11.3. The fourth-order valence-electron chi connectivity index (χ4n) is 2.27. The zero-order chi connectivity index (χ0) is 16.0. The van der Waals surface area contributed by atoms with Gasteiger partial charge in [-0.3, -0.25) is 0 Å². The van der Waals surface area contributed by atoms with E-state index in [0.717, 1.165) is 22.9 Å². The maximum atomic E-state index is 5.64. The number of unbranched alkanes of at least 4 members (excludes halogenated alkanes) is 1. The van der Waals surface area contributed by atoms with Crippen molar-refractivity contribution in [2.75, 3.05) is 6.54 Å². The van der Waals surface area contributed by atoms with Crippen LogP contribution in [0.1, 0.15) is 44.1 Å². The van der Waals surface area contributed by atoms with E-state index in [0.29, 0.717) is 6.54 Å². The summed E-state index contributed by atoms with van der Waals surface area (Å²) in [4.78, 5) is 5.56. The van der Waals surface area contributed by atoms with Crippen LogP contribution in [0.4, 0.5) is 0 Å². The van der Waals surface area contributed by atoms with Crippen molar-refractivity contribution in [1.29, 1.82) is 0 Å². The number of halogens is 1. The van der Waals surface area contributed by atoms with Crippen LogP contribution >= 0.6 is 23.7 Å². The minimum Gasteiger partial charge on any atom is -0.326 e. The van der Waals surface area contributed by atoms with Crippen LogP contribution < -0.4 is 11.1 Å². The molecular formula is C18H28ClN3S.